The monoisotopic (exact) mass is 218 g/mol. The van der Waals surface area contributed by atoms with Gasteiger partial charge in [0.15, 0.2) is 0 Å². The molecular weight excluding hydrogens is 204 g/mol. The van der Waals surface area contributed by atoms with Crippen LogP contribution < -0.4 is 10.6 Å². The molecule has 3 N–H and O–H groups in total. The van der Waals surface area contributed by atoms with Crippen LogP contribution in [0.1, 0.15) is 5.82 Å². The highest BCUT2D eigenvalue weighted by Crippen LogP contribution is 2.09. The molecule has 0 aliphatic carbocycles. The molecule has 0 unspecified atom stereocenters. The van der Waals surface area contributed by atoms with E-state index in [9.17, 15) is 4.79 Å². The molecule has 1 aromatic heterocycles. The number of para-hydroxylation sites is 2. The topological polar surface area (TPSA) is 69.8 Å². The first-order chi connectivity index (χ1) is 7.79. The molecule has 0 spiro atoms. The lowest BCUT2D eigenvalue weighted by atomic mass is 10.3. The van der Waals surface area contributed by atoms with Crippen molar-refractivity contribution in [1.29, 1.82) is 0 Å². The van der Waals surface area contributed by atoms with E-state index < -0.39 is 0 Å². The quantitative estimate of drug-likeness (QED) is 0.695. The summed E-state index contributed by atoms with van der Waals surface area (Å²) in [5.41, 5.74) is 1.90. The fourth-order valence-corrected chi connectivity index (χ4v) is 1.49. The van der Waals surface area contributed by atoms with Gasteiger partial charge in [0.05, 0.1) is 24.1 Å². The molecule has 1 amide bonds. The number of likely N-dealkylation sites (N-methyl/N-ethyl adjacent to an activating group) is 1. The van der Waals surface area contributed by atoms with E-state index in [-0.39, 0.29) is 5.91 Å². The Kier molecular flexibility index (Phi) is 3.16. The summed E-state index contributed by atoms with van der Waals surface area (Å²) in [6, 6.07) is 7.78. The number of H-pyrrole nitrogens is 1. The highest BCUT2D eigenvalue weighted by atomic mass is 16.1. The van der Waals surface area contributed by atoms with Crippen LogP contribution in [0.2, 0.25) is 0 Å². The summed E-state index contributed by atoms with van der Waals surface area (Å²) in [5.74, 6) is 0.730. The summed E-state index contributed by atoms with van der Waals surface area (Å²) in [4.78, 5) is 18.7. The van der Waals surface area contributed by atoms with Crippen LogP contribution in [0.4, 0.5) is 0 Å². The van der Waals surface area contributed by atoms with Crippen LogP contribution >= 0.6 is 0 Å². The van der Waals surface area contributed by atoms with Crippen LogP contribution in [0, 0.1) is 0 Å². The van der Waals surface area contributed by atoms with Crippen LogP contribution in [0.25, 0.3) is 11.0 Å². The number of hydrogen-bond acceptors (Lipinski definition) is 3. The number of carbonyl (C=O) groups excluding carboxylic acids is 1. The van der Waals surface area contributed by atoms with Crippen LogP contribution in [-0.2, 0) is 11.3 Å². The maximum atomic E-state index is 11.2. The van der Waals surface area contributed by atoms with Crippen molar-refractivity contribution in [3.8, 4) is 0 Å². The van der Waals surface area contributed by atoms with Crippen molar-refractivity contribution in [2.24, 2.45) is 0 Å². The summed E-state index contributed by atoms with van der Waals surface area (Å²) in [5, 5.41) is 5.55. The van der Waals surface area contributed by atoms with Gasteiger partial charge >= 0.3 is 0 Å². The zero-order chi connectivity index (χ0) is 11.4. The molecule has 2 aromatic rings. The number of amides is 1. The molecule has 84 valence electrons. The Morgan fingerprint density at radius 1 is 1.44 bits per heavy atom. The van der Waals surface area contributed by atoms with Gasteiger partial charge in [-0.05, 0) is 19.2 Å². The van der Waals surface area contributed by atoms with Crippen molar-refractivity contribution in [1.82, 2.24) is 20.6 Å². The molecule has 0 saturated carbocycles. The Morgan fingerprint density at radius 3 is 3.00 bits per heavy atom. The molecular formula is C11H14N4O. The van der Waals surface area contributed by atoms with Crippen LogP contribution in [0.5, 0.6) is 0 Å². The van der Waals surface area contributed by atoms with Gasteiger partial charge in [-0.15, -0.1) is 0 Å². The van der Waals surface area contributed by atoms with E-state index in [2.05, 4.69) is 20.6 Å². The fourth-order valence-electron chi connectivity index (χ4n) is 1.49. The van der Waals surface area contributed by atoms with Crippen molar-refractivity contribution < 1.29 is 4.79 Å². The smallest absolute Gasteiger partial charge is 0.234 e. The third-order valence-electron chi connectivity index (χ3n) is 2.23. The minimum absolute atomic E-state index is 0.0389. The summed E-state index contributed by atoms with van der Waals surface area (Å²) in [6.45, 7) is 0.745. The van der Waals surface area contributed by atoms with E-state index in [1.54, 1.807) is 7.05 Å². The molecule has 0 aliphatic heterocycles. The molecule has 0 bridgehead atoms. The third-order valence-corrected chi connectivity index (χ3v) is 2.23. The molecule has 2 rings (SSSR count). The Labute approximate surface area is 93.3 Å². The maximum Gasteiger partial charge on any atom is 0.234 e. The normalized spacial score (nSPS) is 10.6. The summed E-state index contributed by atoms with van der Waals surface area (Å²) >= 11 is 0. The summed E-state index contributed by atoms with van der Waals surface area (Å²) < 4.78 is 0. The molecule has 1 aromatic carbocycles. The number of nitrogens with zero attached hydrogens (tertiary/aromatic N) is 1. The molecule has 5 nitrogen and oxygen atoms in total. The Balaban J connectivity index is 2.02. The van der Waals surface area contributed by atoms with E-state index in [0.717, 1.165) is 16.9 Å². The van der Waals surface area contributed by atoms with Gasteiger partial charge in [-0.2, -0.15) is 0 Å². The average Bonchev–Trinajstić information content (AvgIpc) is 2.69. The average molecular weight is 218 g/mol. The number of nitrogens with one attached hydrogen (secondary N) is 3. The number of benzene rings is 1. The standard InChI is InChI=1S/C11H14N4O/c1-12-7-11(16)13-6-10-14-8-4-2-3-5-9(8)15-10/h2-5,12H,6-7H2,1H3,(H,13,16)(H,14,15). The van der Waals surface area contributed by atoms with E-state index >= 15 is 0 Å². The molecule has 0 radical (unpaired) electrons. The number of carbonyl (C=O) groups is 1. The molecule has 0 saturated heterocycles. The molecule has 0 fully saturated rings. The predicted molar refractivity (Wildman–Crippen MR) is 61.9 cm³/mol. The zero-order valence-corrected chi connectivity index (χ0v) is 9.08. The summed E-state index contributed by atoms with van der Waals surface area (Å²) in [7, 11) is 1.74. The van der Waals surface area contributed by atoms with E-state index in [1.807, 2.05) is 24.3 Å². The highest BCUT2D eigenvalue weighted by Gasteiger charge is 2.03. The first-order valence-electron chi connectivity index (χ1n) is 5.14. The van der Waals surface area contributed by atoms with Crippen LogP contribution in [-0.4, -0.2) is 29.5 Å². The van der Waals surface area contributed by atoms with Crippen molar-refractivity contribution in [3.63, 3.8) is 0 Å². The van der Waals surface area contributed by atoms with Crippen molar-refractivity contribution >= 4 is 16.9 Å². The second kappa shape index (κ2) is 4.76. The van der Waals surface area contributed by atoms with Gasteiger partial charge in [-0.25, -0.2) is 4.98 Å². The number of fused-ring (bicyclic) bond motifs is 1. The van der Waals surface area contributed by atoms with Gasteiger partial charge in [0.25, 0.3) is 0 Å². The van der Waals surface area contributed by atoms with Gasteiger partial charge in [0.2, 0.25) is 5.91 Å². The van der Waals surface area contributed by atoms with E-state index in [4.69, 9.17) is 0 Å². The number of rotatable bonds is 4. The lowest BCUT2D eigenvalue weighted by Crippen LogP contribution is -2.31. The van der Waals surface area contributed by atoms with Gasteiger partial charge in [-0.1, -0.05) is 12.1 Å². The highest BCUT2D eigenvalue weighted by molar-refractivity contribution is 5.78. The van der Waals surface area contributed by atoms with Gasteiger partial charge in [0.1, 0.15) is 5.82 Å². The minimum Gasteiger partial charge on any atom is -0.348 e. The summed E-state index contributed by atoms with van der Waals surface area (Å²) in [6.07, 6.45) is 0. The predicted octanol–water partition coefficient (Wildman–Crippen LogP) is 0.398. The van der Waals surface area contributed by atoms with Crippen molar-refractivity contribution in [2.75, 3.05) is 13.6 Å². The van der Waals surface area contributed by atoms with E-state index in [1.165, 1.54) is 0 Å². The lowest BCUT2D eigenvalue weighted by molar-refractivity contribution is -0.120. The lowest BCUT2D eigenvalue weighted by Gasteiger charge is -2.01. The second-order valence-electron chi connectivity index (χ2n) is 3.51. The molecule has 0 aliphatic rings. The largest absolute Gasteiger partial charge is 0.348 e. The maximum absolute atomic E-state index is 11.2. The molecule has 0 atom stereocenters. The zero-order valence-electron chi connectivity index (χ0n) is 9.08. The van der Waals surface area contributed by atoms with Crippen molar-refractivity contribution in [3.05, 3.63) is 30.1 Å². The molecule has 1 heterocycles. The van der Waals surface area contributed by atoms with E-state index in [0.29, 0.717) is 13.1 Å². The number of aromatic nitrogens is 2. The van der Waals surface area contributed by atoms with Crippen molar-refractivity contribution in [2.45, 2.75) is 6.54 Å². The first kappa shape index (κ1) is 10.6. The SMILES string of the molecule is CNCC(=O)NCc1nc2ccccc2[nH]1. The second-order valence-corrected chi connectivity index (χ2v) is 3.51. The van der Waals surface area contributed by atoms with Gasteiger partial charge in [0, 0.05) is 0 Å². The number of hydrogen-bond donors (Lipinski definition) is 3. The number of imidazole rings is 1. The minimum atomic E-state index is -0.0389. The number of aromatic amines is 1. The Morgan fingerprint density at radius 2 is 2.25 bits per heavy atom. The fraction of sp³-hybridized carbons (Fsp3) is 0.273. The third kappa shape index (κ3) is 2.38. The van der Waals surface area contributed by atoms with Crippen LogP contribution in [0.15, 0.2) is 24.3 Å². The Bertz CT molecular complexity index is 458. The van der Waals surface area contributed by atoms with Gasteiger partial charge in [-0.3, -0.25) is 4.79 Å². The first-order valence-corrected chi connectivity index (χ1v) is 5.14. The van der Waals surface area contributed by atoms with Crippen LogP contribution in [0.3, 0.4) is 0 Å². The molecule has 5 heteroatoms. The molecule has 16 heavy (non-hydrogen) atoms. The Hall–Kier alpha value is -1.88. The van der Waals surface area contributed by atoms with Gasteiger partial charge < -0.3 is 15.6 Å².